The number of piperazine rings is 1. The molecule has 26 heavy (non-hydrogen) atoms. The summed E-state index contributed by atoms with van der Waals surface area (Å²) in [4.78, 5) is 16.6. The Morgan fingerprint density at radius 3 is 2.31 bits per heavy atom. The van der Waals surface area contributed by atoms with Crippen molar-refractivity contribution in [2.75, 3.05) is 38.5 Å². The molecule has 2 rings (SSSR count). The fraction of sp³-hybridized carbons (Fsp3) is 0.588. The van der Waals surface area contributed by atoms with E-state index in [1.165, 1.54) is 12.1 Å². The van der Waals surface area contributed by atoms with Gasteiger partial charge in [0.05, 0.1) is 17.8 Å². The molecule has 0 saturated carbocycles. The Kier molecular flexibility index (Phi) is 7.10. The van der Waals surface area contributed by atoms with E-state index in [0.29, 0.717) is 32.7 Å². The van der Waals surface area contributed by atoms with Crippen molar-refractivity contribution < 1.29 is 17.6 Å². The van der Waals surface area contributed by atoms with Gasteiger partial charge in [-0.3, -0.25) is 14.6 Å². The van der Waals surface area contributed by atoms with E-state index in [-0.39, 0.29) is 29.6 Å². The zero-order valence-electron chi connectivity index (χ0n) is 15.2. The quantitative estimate of drug-likeness (QED) is 0.703. The summed E-state index contributed by atoms with van der Waals surface area (Å²) in [7, 11) is -3.45. The number of halogens is 1. The molecule has 2 atom stereocenters. The van der Waals surface area contributed by atoms with Crippen LogP contribution in [0.2, 0.25) is 0 Å². The molecule has 0 unspecified atom stereocenters. The molecule has 1 aromatic carbocycles. The monoisotopic (exact) mass is 386 g/mol. The van der Waals surface area contributed by atoms with Crippen LogP contribution in [0.1, 0.15) is 25.5 Å². The molecule has 1 fully saturated rings. The van der Waals surface area contributed by atoms with Crippen LogP contribution in [0.15, 0.2) is 24.3 Å². The number of carbonyl (C=O) groups is 1. The summed E-state index contributed by atoms with van der Waals surface area (Å²) in [5.74, 6) is -0.446. The van der Waals surface area contributed by atoms with Crippen molar-refractivity contribution in [2.45, 2.75) is 25.9 Å². The molecule has 1 amide bonds. The topological polar surface area (TPSA) is 95.7 Å². The maximum atomic E-state index is 13.0. The van der Waals surface area contributed by atoms with Gasteiger partial charge < -0.3 is 5.32 Å². The van der Waals surface area contributed by atoms with Crippen LogP contribution < -0.4 is 10.5 Å². The van der Waals surface area contributed by atoms with Gasteiger partial charge >= 0.3 is 0 Å². The maximum Gasteiger partial charge on any atom is 0.237 e. The molecular formula is C17H27FN4O3S. The second-order valence-corrected chi connectivity index (χ2v) is 8.44. The second kappa shape index (κ2) is 8.90. The van der Waals surface area contributed by atoms with Crippen molar-refractivity contribution in [2.24, 2.45) is 5.14 Å². The normalized spacial score (nSPS) is 19.1. The molecular weight excluding hydrogens is 359 g/mol. The molecule has 146 valence electrons. The summed E-state index contributed by atoms with van der Waals surface area (Å²) < 4.78 is 35.1. The molecule has 1 aromatic rings. The van der Waals surface area contributed by atoms with Crippen LogP contribution in [0.4, 0.5) is 4.39 Å². The lowest BCUT2D eigenvalue weighted by Gasteiger charge is -2.37. The van der Waals surface area contributed by atoms with Gasteiger partial charge in [-0.1, -0.05) is 12.1 Å². The highest BCUT2D eigenvalue weighted by Crippen LogP contribution is 2.14. The van der Waals surface area contributed by atoms with Crippen molar-refractivity contribution in [1.29, 1.82) is 0 Å². The standard InChI is InChI=1S/C17H27FN4O3S/c1-13(15-3-5-16(18)6-4-15)20-17(23)14(2)22-9-7-21(8-10-22)11-12-26(19,24)25/h3-6,13-14H,7-12H2,1-2H3,(H,20,23)(H2,19,24,25)/t13-,14-/m1/s1. The zero-order chi connectivity index (χ0) is 19.3. The highest BCUT2D eigenvalue weighted by molar-refractivity contribution is 7.89. The Morgan fingerprint density at radius 1 is 1.19 bits per heavy atom. The molecule has 1 aliphatic rings. The maximum absolute atomic E-state index is 13.0. The Bertz CT molecular complexity index is 703. The van der Waals surface area contributed by atoms with Gasteiger partial charge in [-0.25, -0.2) is 17.9 Å². The largest absolute Gasteiger partial charge is 0.348 e. The third kappa shape index (κ3) is 6.31. The van der Waals surface area contributed by atoms with Crippen molar-refractivity contribution in [1.82, 2.24) is 15.1 Å². The van der Waals surface area contributed by atoms with Crippen LogP contribution in [-0.4, -0.2) is 68.6 Å². The molecule has 7 nitrogen and oxygen atoms in total. The summed E-state index contributed by atoms with van der Waals surface area (Å²) in [6, 6.07) is 5.58. The number of sulfonamides is 1. The van der Waals surface area contributed by atoms with Crippen molar-refractivity contribution in [3.05, 3.63) is 35.6 Å². The lowest BCUT2D eigenvalue weighted by Crippen LogP contribution is -2.54. The number of rotatable bonds is 7. The highest BCUT2D eigenvalue weighted by atomic mass is 32.2. The van der Waals surface area contributed by atoms with Gasteiger partial charge in [-0.05, 0) is 31.5 Å². The van der Waals surface area contributed by atoms with Gasteiger partial charge in [-0.15, -0.1) is 0 Å². The van der Waals surface area contributed by atoms with Crippen LogP contribution in [0.25, 0.3) is 0 Å². The third-order valence-corrected chi connectivity index (χ3v) is 5.51. The summed E-state index contributed by atoms with van der Waals surface area (Å²) in [5.41, 5.74) is 0.847. The summed E-state index contributed by atoms with van der Waals surface area (Å²) in [6.07, 6.45) is 0. The number of nitrogens with zero attached hydrogens (tertiary/aromatic N) is 2. The predicted octanol–water partition coefficient (Wildman–Crippen LogP) is 0.298. The van der Waals surface area contributed by atoms with Crippen LogP contribution >= 0.6 is 0 Å². The van der Waals surface area contributed by atoms with Crippen LogP contribution in [0, 0.1) is 5.82 Å². The average Bonchev–Trinajstić information content (AvgIpc) is 2.59. The van der Waals surface area contributed by atoms with E-state index in [4.69, 9.17) is 5.14 Å². The predicted molar refractivity (Wildman–Crippen MR) is 98.4 cm³/mol. The van der Waals surface area contributed by atoms with Gasteiger partial charge in [0.25, 0.3) is 0 Å². The second-order valence-electron chi connectivity index (χ2n) is 6.70. The first-order valence-corrected chi connectivity index (χ1v) is 10.4. The van der Waals surface area contributed by atoms with E-state index in [9.17, 15) is 17.6 Å². The minimum Gasteiger partial charge on any atom is -0.348 e. The van der Waals surface area contributed by atoms with Gasteiger partial charge in [0.1, 0.15) is 5.82 Å². The Balaban J connectivity index is 1.80. The van der Waals surface area contributed by atoms with Crippen LogP contribution in [-0.2, 0) is 14.8 Å². The Morgan fingerprint density at radius 2 is 1.77 bits per heavy atom. The van der Waals surface area contributed by atoms with Crippen molar-refractivity contribution >= 4 is 15.9 Å². The Labute approximate surface area is 154 Å². The molecule has 1 aliphatic heterocycles. The number of nitrogens with two attached hydrogens (primary N) is 1. The fourth-order valence-corrected chi connectivity index (χ4v) is 3.48. The molecule has 3 N–H and O–H groups in total. The number of carbonyl (C=O) groups excluding carboxylic acids is 1. The molecule has 0 bridgehead atoms. The van der Waals surface area contributed by atoms with Crippen molar-refractivity contribution in [3.63, 3.8) is 0 Å². The first-order chi connectivity index (χ1) is 12.2. The number of hydrogen-bond acceptors (Lipinski definition) is 5. The SMILES string of the molecule is C[C@H](C(=O)N[C@H](C)c1ccc(F)cc1)N1CCN(CCS(N)(=O)=O)CC1. The molecule has 9 heteroatoms. The Hall–Kier alpha value is -1.55. The van der Waals surface area contributed by atoms with E-state index < -0.39 is 10.0 Å². The zero-order valence-corrected chi connectivity index (χ0v) is 16.0. The summed E-state index contributed by atoms with van der Waals surface area (Å²) in [5, 5.41) is 7.99. The van der Waals surface area contributed by atoms with Crippen LogP contribution in [0.5, 0.6) is 0 Å². The minimum absolute atomic E-state index is 0.0573. The van der Waals surface area contributed by atoms with E-state index >= 15 is 0 Å². The number of primary sulfonamides is 1. The summed E-state index contributed by atoms with van der Waals surface area (Å²) in [6.45, 7) is 6.89. The molecule has 0 spiro atoms. The first-order valence-electron chi connectivity index (χ1n) is 8.68. The van der Waals surface area contributed by atoms with Gasteiger partial charge in [0.2, 0.25) is 15.9 Å². The number of nitrogens with one attached hydrogen (secondary N) is 1. The third-order valence-electron chi connectivity index (χ3n) is 4.75. The van der Waals surface area contributed by atoms with Crippen molar-refractivity contribution in [3.8, 4) is 0 Å². The number of hydrogen-bond donors (Lipinski definition) is 2. The number of benzene rings is 1. The lowest BCUT2D eigenvalue weighted by atomic mass is 10.1. The molecule has 0 radical (unpaired) electrons. The van der Waals surface area contributed by atoms with E-state index in [0.717, 1.165) is 5.56 Å². The van der Waals surface area contributed by atoms with Gasteiger partial charge in [0, 0.05) is 32.7 Å². The average molecular weight is 386 g/mol. The molecule has 0 aromatic heterocycles. The molecule has 1 heterocycles. The first kappa shape index (κ1) is 20.8. The number of amides is 1. The van der Waals surface area contributed by atoms with Gasteiger partial charge in [0.15, 0.2) is 0 Å². The summed E-state index contributed by atoms with van der Waals surface area (Å²) >= 11 is 0. The molecule has 0 aliphatic carbocycles. The van der Waals surface area contributed by atoms with E-state index in [1.807, 2.05) is 18.7 Å². The molecule has 1 saturated heterocycles. The van der Waals surface area contributed by atoms with Crippen LogP contribution in [0.3, 0.4) is 0 Å². The lowest BCUT2D eigenvalue weighted by molar-refractivity contribution is -0.127. The smallest absolute Gasteiger partial charge is 0.237 e. The van der Waals surface area contributed by atoms with Gasteiger partial charge in [-0.2, -0.15) is 0 Å². The van der Waals surface area contributed by atoms with E-state index in [1.54, 1.807) is 12.1 Å². The van der Waals surface area contributed by atoms with E-state index in [2.05, 4.69) is 10.2 Å². The highest BCUT2D eigenvalue weighted by Gasteiger charge is 2.26. The fourth-order valence-electron chi connectivity index (χ4n) is 2.97. The minimum atomic E-state index is -3.45.